The van der Waals surface area contributed by atoms with Crippen molar-refractivity contribution in [2.45, 2.75) is 32.4 Å². The lowest BCUT2D eigenvalue weighted by Gasteiger charge is -2.41. The molecule has 114 valence electrons. The number of rotatable bonds is 2. The fourth-order valence-electron chi connectivity index (χ4n) is 3.39. The minimum absolute atomic E-state index is 0.249. The van der Waals surface area contributed by atoms with E-state index in [9.17, 15) is 4.79 Å². The second kappa shape index (κ2) is 6.48. The van der Waals surface area contributed by atoms with Crippen molar-refractivity contribution >= 4 is 6.03 Å². The lowest BCUT2D eigenvalue weighted by atomic mass is 10.1. The number of hydrogen-bond donors (Lipinski definition) is 0. The predicted octanol–water partition coefficient (Wildman–Crippen LogP) is 2.41. The summed E-state index contributed by atoms with van der Waals surface area (Å²) in [6.07, 6.45) is 2.32. The number of nitrogens with zero attached hydrogens (tertiary/aromatic N) is 3. The van der Waals surface area contributed by atoms with Gasteiger partial charge in [0.15, 0.2) is 0 Å². The van der Waals surface area contributed by atoms with E-state index in [4.69, 9.17) is 0 Å². The molecule has 4 heteroatoms. The molecule has 4 nitrogen and oxygen atoms in total. The molecule has 21 heavy (non-hydrogen) atoms. The summed E-state index contributed by atoms with van der Waals surface area (Å²) in [5.74, 6) is 0. The van der Waals surface area contributed by atoms with Gasteiger partial charge in [0.25, 0.3) is 0 Å². The summed E-state index contributed by atoms with van der Waals surface area (Å²) in [4.78, 5) is 19.0. The second-order valence-electron chi connectivity index (χ2n) is 6.24. The molecule has 0 radical (unpaired) electrons. The highest BCUT2D eigenvalue weighted by Gasteiger charge is 2.31. The van der Waals surface area contributed by atoms with E-state index >= 15 is 0 Å². The van der Waals surface area contributed by atoms with E-state index < -0.39 is 0 Å². The number of hydrogen-bond acceptors (Lipinski definition) is 2. The van der Waals surface area contributed by atoms with Crippen LogP contribution in [0.5, 0.6) is 0 Å². The van der Waals surface area contributed by atoms with Gasteiger partial charge < -0.3 is 9.80 Å². The van der Waals surface area contributed by atoms with Crippen LogP contribution in [0.25, 0.3) is 0 Å². The van der Waals surface area contributed by atoms with Crippen LogP contribution in [0.1, 0.15) is 25.3 Å². The summed E-state index contributed by atoms with van der Waals surface area (Å²) in [5, 5.41) is 0. The van der Waals surface area contributed by atoms with Crippen LogP contribution in [0.3, 0.4) is 0 Å². The van der Waals surface area contributed by atoms with Crippen LogP contribution in [0.2, 0.25) is 0 Å². The topological polar surface area (TPSA) is 26.8 Å². The summed E-state index contributed by atoms with van der Waals surface area (Å²) >= 11 is 0. The van der Waals surface area contributed by atoms with Crippen molar-refractivity contribution in [3.05, 3.63) is 35.9 Å². The van der Waals surface area contributed by atoms with Gasteiger partial charge in [0.2, 0.25) is 0 Å². The zero-order chi connectivity index (χ0) is 14.7. The molecule has 2 saturated heterocycles. The Morgan fingerprint density at radius 3 is 2.48 bits per heavy atom. The maximum absolute atomic E-state index is 12.5. The van der Waals surface area contributed by atoms with E-state index in [0.29, 0.717) is 6.04 Å². The van der Waals surface area contributed by atoms with Crippen molar-refractivity contribution in [3.63, 3.8) is 0 Å². The second-order valence-corrected chi connectivity index (χ2v) is 6.24. The van der Waals surface area contributed by atoms with Crippen molar-refractivity contribution in [1.82, 2.24) is 14.7 Å². The summed E-state index contributed by atoms with van der Waals surface area (Å²) in [6.45, 7) is 7.82. The van der Waals surface area contributed by atoms with Crippen LogP contribution in [0.4, 0.5) is 4.79 Å². The number of amides is 2. The molecule has 2 fully saturated rings. The third kappa shape index (κ3) is 3.38. The maximum Gasteiger partial charge on any atom is 0.320 e. The monoisotopic (exact) mass is 287 g/mol. The van der Waals surface area contributed by atoms with Crippen LogP contribution in [0.15, 0.2) is 30.3 Å². The van der Waals surface area contributed by atoms with Crippen molar-refractivity contribution in [1.29, 1.82) is 0 Å². The minimum atomic E-state index is 0.249. The van der Waals surface area contributed by atoms with Crippen LogP contribution in [0, 0.1) is 0 Å². The molecule has 3 rings (SSSR count). The Labute approximate surface area is 127 Å². The first kappa shape index (κ1) is 14.4. The average molecular weight is 287 g/mol. The number of likely N-dealkylation sites (tertiary alicyclic amines) is 1. The van der Waals surface area contributed by atoms with E-state index in [1.807, 2.05) is 4.90 Å². The molecule has 0 N–H and O–H groups in total. The molecule has 2 aliphatic rings. The Kier molecular flexibility index (Phi) is 4.44. The fraction of sp³-hybridized carbons (Fsp3) is 0.588. The van der Waals surface area contributed by atoms with Gasteiger partial charge >= 0.3 is 6.03 Å². The Balaban J connectivity index is 1.55. The summed E-state index contributed by atoms with van der Waals surface area (Å²) in [5.41, 5.74) is 1.35. The van der Waals surface area contributed by atoms with Gasteiger partial charge in [-0.1, -0.05) is 30.3 Å². The van der Waals surface area contributed by atoms with Gasteiger partial charge in [-0.25, -0.2) is 4.79 Å². The first-order valence-electron chi connectivity index (χ1n) is 8.06. The van der Waals surface area contributed by atoms with Crippen LogP contribution >= 0.6 is 0 Å². The van der Waals surface area contributed by atoms with E-state index in [1.165, 1.54) is 5.56 Å². The average Bonchev–Trinajstić information content (AvgIpc) is 3.02. The lowest BCUT2D eigenvalue weighted by molar-refractivity contribution is 0.0815. The molecular formula is C17H25N3O. The molecule has 1 atom stereocenters. The molecule has 0 saturated carbocycles. The van der Waals surface area contributed by atoms with E-state index in [0.717, 1.165) is 52.1 Å². The molecule has 1 aromatic carbocycles. The molecule has 0 aromatic heterocycles. The highest BCUT2D eigenvalue weighted by Crippen LogP contribution is 2.17. The Hall–Kier alpha value is -1.55. The zero-order valence-electron chi connectivity index (χ0n) is 12.9. The highest BCUT2D eigenvalue weighted by molar-refractivity contribution is 5.75. The molecule has 2 aliphatic heterocycles. The molecule has 0 aliphatic carbocycles. The van der Waals surface area contributed by atoms with Crippen LogP contribution < -0.4 is 0 Å². The number of benzene rings is 1. The van der Waals surface area contributed by atoms with Crippen LogP contribution in [-0.4, -0.2) is 59.5 Å². The van der Waals surface area contributed by atoms with Crippen molar-refractivity contribution < 1.29 is 4.79 Å². The summed E-state index contributed by atoms with van der Waals surface area (Å²) in [7, 11) is 0. The first-order valence-corrected chi connectivity index (χ1v) is 8.06. The van der Waals surface area contributed by atoms with Crippen molar-refractivity contribution in [3.8, 4) is 0 Å². The van der Waals surface area contributed by atoms with Gasteiger partial charge in [-0.2, -0.15) is 0 Å². The number of carbonyl (C=O) groups excluding carboxylic acids is 1. The van der Waals surface area contributed by atoms with Crippen LogP contribution in [-0.2, 0) is 6.54 Å². The molecule has 0 unspecified atom stereocenters. The third-order valence-corrected chi connectivity index (χ3v) is 4.58. The lowest BCUT2D eigenvalue weighted by Crippen LogP contribution is -2.56. The third-order valence-electron chi connectivity index (χ3n) is 4.58. The highest BCUT2D eigenvalue weighted by atomic mass is 16.2. The minimum Gasteiger partial charge on any atom is -0.325 e. The Morgan fingerprint density at radius 2 is 1.81 bits per heavy atom. The Morgan fingerprint density at radius 1 is 1.10 bits per heavy atom. The molecule has 2 heterocycles. The summed E-state index contributed by atoms with van der Waals surface area (Å²) in [6, 6.07) is 11.1. The van der Waals surface area contributed by atoms with Gasteiger partial charge in [-0.15, -0.1) is 0 Å². The molecule has 2 amide bonds. The largest absolute Gasteiger partial charge is 0.325 e. The zero-order valence-corrected chi connectivity index (χ0v) is 12.9. The van der Waals surface area contributed by atoms with Crippen molar-refractivity contribution in [2.24, 2.45) is 0 Å². The normalized spacial score (nSPS) is 23.6. The van der Waals surface area contributed by atoms with Gasteiger partial charge in [0.1, 0.15) is 0 Å². The molecule has 0 bridgehead atoms. The van der Waals surface area contributed by atoms with Gasteiger partial charge in [-0.3, -0.25) is 4.90 Å². The van der Waals surface area contributed by atoms with Crippen molar-refractivity contribution in [2.75, 3.05) is 32.7 Å². The fourth-order valence-corrected chi connectivity index (χ4v) is 3.39. The van der Waals surface area contributed by atoms with E-state index in [2.05, 4.69) is 47.1 Å². The quantitative estimate of drug-likeness (QED) is 0.835. The molecule has 1 aromatic rings. The smallest absolute Gasteiger partial charge is 0.320 e. The number of piperazine rings is 1. The summed E-state index contributed by atoms with van der Waals surface area (Å²) < 4.78 is 0. The first-order chi connectivity index (χ1) is 10.2. The Bertz CT molecular complexity index is 470. The number of urea groups is 1. The molecular weight excluding hydrogens is 262 g/mol. The van der Waals surface area contributed by atoms with E-state index in [1.54, 1.807) is 0 Å². The predicted molar refractivity (Wildman–Crippen MR) is 84.1 cm³/mol. The SMILES string of the molecule is C[C@@H]1CN(Cc2ccccc2)CCN1C(=O)N1CCCC1. The van der Waals surface area contributed by atoms with Gasteiger partial charge in [0, 0.05) is 45.3 Å². The number of carbonyl (C=O) groups is 1. The standard InChI is InChI=1S/C17H25N3O/c1-15-13-18(14-16-7-3-2-4-8-16)11-12-20(15)17(21)19-9-5-6-10-19/h2-4,7-8,15H,5-6,9-14H2,1H3/t15-/m1/s1. The van der Waals surface area contributed by atoms with Gasteiger partial charge in [0.05, 0.1) is 0 Å². The molecule has 0 spiro atoms. The van der Waals surface area contributed by atoms with E-state index in [-0.39, 0.29) is 6.03 Å². The maximum atomic E-state index is 12.5. The van der Waals surface area contributed by atoms with Gasteiger partial charge in [-0.05, 0) is 25.3 Å².